The van der Waals surface area contributed by atoms with E-state index in [2.05, 4.69) is 30.7 Å². The minimum absolute atomic E-state index is 0.0214. The molecule has 8 nitrogen and oxygen atoms in total. The summed E-state index contributed by atoms with van der Waals surface area (Å²) in [7, 11) is 3.00. The number of hydrogen-bond acceptors (Lipinski definition) is 5. The average Bonchev–Trinajstić information content (AvgIpc) is 2.69. The van der Waals surface area contributed by atoms with Crippen LogP contribution in [0.25, 0.3) is 0 Å². The molecule has 0 bridgehead atoms. The van der Waals surface area contributed by atoms with Crippen LogP contribution in [-0.4, -0.2) is 44.2 Å². The number of carbonyl (C=O) groups excluding carboxylic acids is 1. The van der Waals surface area contributed by atoms with E-state index in [0.717, 1.165) is 0 Å². The second-order valence-electron chi connectivity index (χ2n) is 5.42. The molecular formula is C18H21F2N5O3. The summed E-state index contributed by atoms with van der Waals surface area (Å²) in [5, 5.41) is 8.45. The highest BCUT2D eigenvalue weighted by molar-refractivity contribution is 5.94. The molecule has 28 heavy (non-hydrogen) atoms. The van der Waals surface area contributed by atoms with Gasteiger partial charge in [0.05, 0.1) is 25.5 Å². The van der Waals surface area contributed by atoms with Crippen LogP contribution in [-0.2, 0) is 11.3 Å². The summed E-state index contributed by atoms with van der Waals surface area (Å²) in [4.78, 5) is 19.9. The van der Waals surface area contributed by atoms with Crippen molar-refractivity contribution >= 4 is 17.6 Å². The number of aromatic nitrogens is 1. The smallest absolute Gasteiger partial charge is 0.387 e. The topological polar surface area (TPSA) is 96.9 Å². The van der Waals surface area contributed by atoms with E-state index < -0.39 is 6.61 Å². The predicted octanol–water partition coefficient (Wildman–Crippen LogP) is 2.00. The van der Waals surface area contributed by atoms with E-state index in [1.165, 1.54) is 32.5 Å². The summed E-state index contributed by atoms with van der Waals surface area (Å²) in [5.41, 5.74) is 1.02. The van der Waals surface area contributed by atoms with E-state index in [9.17, 15) is 13.6 Å². The number of carbonyl (C=O) groups is 1. The molecule has 0 atom stereocenters. The molecule has 0 aliphatic heterocycles. The standard InChI is InChI=1S/C18H21F2N5O3/c1-21-18(24-11-16(26)25-13-4-3-7-22-10-13)23-9-12-8-14(27-2)5-6-15(12)28-17(19)20/h3-8,10,17H,9,11H2,1-2H3,(H,25,26)(H2,21,23,24). The average molecular weight is 393 g/mol. The van der Waals surface area contributed by atoms with Crippen LogP contribution in [0.3, 0.4) is 0 Å². The van der Waals surface area contributed by atoms with Gasteiger partial charge in [-0.3, -0.25) is 14.8 Å². The Morgan fingerprint density at radius 1 is 1.29 bits per heavy atom. The summed E-state index contributed by atoms with van der Waals surface area (Å²) in [6.45, 7) is -2.86. The SMILES string of the molecule is CN=C(NCC(=O)Nc1cccnc1)NCc1cc(OC)ccc1OC(F)F. The lowest BCUT2D eigenvalue weighted by atomic mass is 10.2. The number of hydrogen-bond donors (Lipinski definition) is 3. The first-order valence-electron chi connectivity index (χ1n) is 8.28. The Bertz CT molecular complexity index is 803. The number of pyridine rings is 1. The fraction of sp³-hybridized carbons (Fsp3) is 0.278. The van der Waals surface area contributed by atoms with Crippen molar-refractivity contribution in [2.24, 2.45) is 4.99 Å². The van der Waals surface area contributed by atoms with Crippen LogP contribution in [0, 0.1) is 0 Å². The van der Waals surface area contributed by atoms with Gasteiger partial charge in [-0.2, -0.15) is 8.78 Å². The molecule has 0 aliphatic rings. The Morgan fingerprint density at radius 3 is 2.75 bits per heavy atom. The van der Waals surface area contributed by atoms with Gasteiger partial charge in [0.1, 0.15) is 11.5 Å². The summed E-state index contributed by atoms with van der Waals surface area (Å²) < 4.78 is 34.8. The van der Waals surface area contributed by atoms with Gasteiger partial charge < -0.3 is 25.4 Å². The largest absolute Gasteiger partial charge is 0.497 e. The number of guanidine groups is 1. The van der Waals surface area contributed by atoms with Gasteiger partial charge in [0.2, 0.25) is 5.91 Å². The lowest BCUT2D eigenvalue weighted by molar-refractivity contribution is -0.115. The number of nitrogens with zero attached hydrogens (tertiary/aromatic N) is 2. The van der Waals surface area contributed by atoms with Crippen molar-refractivity contribution in [2.75, 3.05) is 26.0 Å². The zero-order valence-corrected chi connectivity index (χ0v) is 15.4. The Labute approximate surface area is 161 Å². The van der Waals surface area contributed by atoms with Gasteiger partial charge in [0.25, 0.3) is 0 Å². The van der Waals surface area contributed by atoms with Crippen molar-refractivity contribution in [1.82, 2.24) is 15.6 Å². The molecular weight excluding hydrogens is 372 g/mol. The Kier molecular flexibility index (Phi) is 7.94. The van der Waals surface area contributed by atoms with Crippen LogP contribution >= 0.6 is 0 Å². The number of alkyl halides is 2. The predicted molar refractivity (Wildman–Crippen MR) is 101 cm³/mol. The molecule has 0 radical (unpaired) electrons. The van der Waals surface area contributed by atoms with Crippen molar-refractivity contribution in [3.63, 3.8) is 0 Å². The van der Waals surface area contributed by atoms with Crippen LogP contribution in [0.15, 0.2) is 47.7 Å². The summed E-state index contributed by atoms with van der Waals surface area (Å²) in [6, 6.07) is 7.92. The van der Waals surface area contributed by atoms with E-state index in [1.54, 1.807) is 24.4 Å². The monoisotopic (exact) mass is 393 g/mol. The molecule has 1 aromatic heterocycles. The number of anilines is 1. The van der Waals surface area contributed by atoms with Gasteiger partial charge >= 0.3 is 6.61 Å². The van der Waals surface area contributed by atoms with Gasteiger partial charge in [-0.05, 0) is 30.3 Å². The number of amides is 1. The molecule has 3 N–H and O–H groups in total. The molecule has 1 aromatic carbocycles. The number of halogens is 2. The molecule has 0 aliphatic carbocycles. The first-order chi connectivity index (χ1) is 13.5. The molecule has 0 unspecified atom stereocenters. The number of aliphatic imine (C=N–C) groups is 1. The second kappa shape index (κ2) is 10.7. The third-order valence-electron chi connectivity index (χ3n) is 3.52. The molecule has 1 heterocycles. The third kappa shape index (κ3) is 6.71. The van der Waals surface area contributed by atoms with E-state index >= 15 is 0 Å². The van der Waals surface area contributed by atoms with Crippen molar-refractivity contribution < 1.29 is 23.0 Å². The summed E-state index contributed by atoms with van der Waals surface area (Å²) in [5.74, 6) is 0.538. The van der Waals surface area contributed by atoms with Crippen LogP contribution < -0.4 is 25.4 Å². The lowest BCUT2D eigenvalue weighted by Crippen LogP contribution is -2.41. The Hall–Kier alpha value is -3.43. The van der Waals surface area contributed by atoms with E-state index in [0.29, 0.717) is 23.0 Å². The van der Waals surface area contributed by atoms with Crippen molar-refractivity contribution in [2.45, 2.75) is 13.2 Å². The first kappa shape index (κ1) is 20.9. The van der Waals surface area contributed by atoms with Gasteiger partial charge in [-0.1, -0.05) is 0 Å². The highest BCUT2D eigenvalue weighted by atomic mass is 19.3. The van der Waals surface area contributed by atoms with Crippen LogP contribution in [0.1, 0.15) is 5.56 Å². The van der Waals surface area contributed by atoms with Crippen LogP contribution in [0.4, 0.5) is 14.5 Å². The second-order valence-corrected chi connectivity index (χ2v) is 5.42. The number of benzene rings is 1. The van der Waals surface area contributed by atoms with Crippen molar-refractivity contribution in [1.29, 1.82) is 0 Å². The van der Waals surface area contributed by atoms with Gasteiger partial charge in [0, 0.05) is 25.4 Å². The maximum absolute atomic E-state index is 12.6. The van der Waals surface area contributed by atoms with Gasteiger partial charge in [-0.15, -0.1) is 0 Å². The molecule has 0 saturated carbocycles. The van der Waals surface area contributed by atoms with Crippen LogP contribution in [0.5, 0.6) is 11.5 Å². The number of methoxy groups -OCH3 is 1. The summed E-state index contributed by atoms with van der Waals surface area (Å²) >= 11 is 0. The van der Waals surface area contributed by atoms with E-state index in [1.807, 2.05) is 0 Å². The molecule has 2 aromatic rings. The lowest BCUT2D eigenvalue weighted by Gasteiger charge is -2.15. The minimum Gasteiger partial charge on any atom is -0.497 e. The fourth-order valence-electron chi connectivity index (χ4n) is 2.24. The van der Waals surface area contributed by atoms with E-state index in [-0.39, 0.29) is 24.7 Å². The molecule has 150 valence electrons. The fourth-order valence-corrected chi connectivity index (χ4v) is 2.24. The number of nitrogens with one attached hydrogen (secondary N) is 3. The maximum atomic E-state index is 12.6. The Morgan fingerprint density at radius 2 is 2.11 bits per heavy atom. The quantitative estimate of drug-likeness (QED) is 0.469. The van der Waals surface area contributed by atoms with Gasteiger partial charge in [-0.25, -0.2) is 0 Å². The molecule has 0 spiro atoms. The molecule has 0 saturated heterocycles. The first-order valence-corrected chi connectivity index (χ1v) is 8.28. The van der Waals surface area contributed by atoms with Crippen molar-refractivity contribution in [3.05, 3.63) is 48.3 Å². The molecule has 0 fully saturated rings. The molecule has 2 rings (SSSR count). The third-order valence-corrected chi connectivity index (χ3v) is 3.52. The van der Waals surface area contributed by atoms with Crippen LogP contribution in [0.2, 0.25) is 0 Å². The highest BCUT2D eigenvalue weighted by Gasteiger charge is 2.12. The molecule has 10 heteroatoms. The Balaban J connectivity index is 1.92. The minimum atomic E-state index is -2.94. The normalized spacial score (nSPS) is 11.1. The highest BCUT2D eigenvalue weighted by Crippen LogP contribution is 2.25. The zero-order chi connectivity index (χ0) is 20.4. The van der Waals surface area contributed by atoms with Crippen molar-refractivity contribution in [3.8, 4) is 11.5 Å². The summed E-state index contributed by atoms with van der Waals surface area (Å²) in [6.07, 6.45) is 3.13. The number of rotatable bonds is 8. The maximum Gasteiger partial charge on any atom is 0.387 e. The molecule has 1 amide bonds. The van der Waals surface area contributed by atoms with E-state index in [4.69, 9.17) is 4.74 Å². The van der Waals surface area contributed by atoms with Gasteiger partial charge in [0.15, 0.2) is 5.96 Å². The zero-order valence-electron chi connectivity index (χ0n) is 15.4. The number of ether oxygens (including phenoxy) is 2.